The molecule has 0 saturated heterocycles. The number of anilines is 1. The van der Waals surface area contributed by atoms with Crippen molar-refractivity contribution in [1.29, 1.82) is 0 Å². The lowest BCUT2D eigenvalue weighted by molar-refractivity contribution is -0.121. The molecule has 224 valence electrons. The summed E-state index contributed by atoms with van der Waals surface area (Å²) in [4.78, 5) is 35.8. The summed E-state index contributed by atoms with van der Waals surface area (Å²) in [5.41, 5.74) is 12.6. The minimum Gasteiger partial charge on any atom is -0.508 e. The predicted octanol–water partition coefficient (Wildman–Crippen LogP) is 1.46. The zero-order chi connectivity index (χ0) is 31.1. The van der Waals surface area contributed by atoms with E-state index >= 15 is 0 Å². The van der Waals surface area contributed by atoms with Gasteiger partial charge in [0.25, 0.3) is 0 Å². The van der Waals surface area contributed by atoms with Gasteiger partial charge >= 0.3 is 12.1 Å². The van der Waals surface area contributed by atoms with Gasteiger partial charge < -0.3 is 47.1 Å². The Balaban J connectivity index is 1.54. The number of phenolic OH excluding ortho intramolecular Hbond substituents is 1. The number of thiocarbonyl (C=S) groups is 1. The number of carbonyl (C=O) groups is 3. The maximum atomic E-state index is 12.5. The molecule has 4 rings (SSSR count). The maximum Gasteiger partial charge on any atom is 0.404 e. The van der Waals surface area contributed by atoms with Crippen molar-refractivity contribution >= 4 is 53.1 Å². The molecule has 1 heterocycles. The number of nitrogens with one attached hydrogen (secondary N) is 3. The number of aromatic hydroxyl groups is 1. The molecule has 0 fully saturated rings. The van der Waals surface area contributed by atoms with E-state index < -0.39 is 24.0 Å². The number of rotatable bonds is 11. The lowest BCUT2D eigenvalue weighted by Crippen LogP contribution is -2.45. The van der Waals surface area contributed by atoms with E-state index in [9.17, 15) is 24.6 Å². The van der Waals surface area contributed by atoms with Crippen LogP contribution >= 0.6 is 12.2 Å². The van der Waals surface area contributed by atoms with Gasteiger partial charge in [-0.05, 0) is 72.7 Å². The van der Waals surface area contributed by atoms with Gasteiger partial charge in [0.2, 0.25) is 5.91 Å². The van der Waals surface area contributed by atoms with E-state index in [0.29, 0.717) is 63.7 Å². The minimum atomic E-state index is -1.17. The largest absolute Gasteiger partial charge is 0.508 e. The highest BCUT2D eigenvalue weighted by molar-refractivity contribution is 7.80. The molecule has 0 bridgehead atoms. The number of primary amides is 1. The Hall–Kier alpha value is -5.14. The molecule has 0 radical (unpaired) electrons. The second-order valence-electron chi connectivity index (χ2n) is 9.69. The highest BCUT2D eigenvalue weighted by Crippen LogP contribution is 2.39. The lowest BCUT2D eigenvalue weighted by Gasteiger charge is -2.22. The average molecular weight is 606 g/mol. The Morgan fingerprint density at radius 2 is 1.81 bits per heavy atom. The first-order valence-electron chi connectivity index (χ1n) is 13.2. The molecular weight excluding hydrogens is 574 g/mol. The molecule has 43 heavy (non-hydrogen) atoms. The van der Waals surface area contributed by atoms with Crippen LogP contribution in [0.2, 0.25) is 0 Å². The number of carboxylic acid groups (broad SMARTS) is 1. The number of carboxylic acids is 1. The number of aromatic carboxylic acids is 1. The summed E-state index contributed by atoms with van der Waals surface area (Å²) in [7, 11) is 0. The van der Waals surface area contributed by atoms with Gasteiger partial charge in [-0.3, -0.25) is 4.79 Å². The Morgan fingerprint density at radius 1 is 1.05 bits per heavy atom. The second-order valence-corrected chi connectivity index (χ2v) is 10.1. The summed E-state index contributed by atoms with van der Waals surface area (Å²) >= 11 is 5.32. The number of benzene rings is 3. The molecule has 2 amide bonds. The molecule has 0 aliphatic carbocycles. The molecule has 0 spiro atoms. The van der Waals surface area contributed by atoms with E-state index in [1.165, 1.54) is 18.2 Å². The molecule has 0 saturated carbocycles. The standard InChI is InChI=1S/C30H31N5O7S/c1-16-4-7-21-24(11-16)42-25-13-19(36)6-9-22(25)27(21)20-8-5-17(12-23(20)28(38)39)35-30(43)33-14-26(37)34-18(3-2-10-31)15-41-29(32)40/h4-9,11-13,18,36H,1-3,10,14-15,31H2,(H2,32,40)(H,34,37)(H,38,39)(H2,33,35,43)/t18-/m0/s1. The zero-order valence-electron chi connectivity index (χ0n) is 23.0. The molecule has 13 heteroatoms. The molecule has 9 N–H and O–H groups in total. The molecule has 1 atom stereocenters. The summed E-state index contributed by atoms with van der Waals surface area (Å²) in [5.74, 6) is -0.722. The van der Waals surface area contributed by atoms with E-state index in [0.717, 1.165) is 0 Å². The van der Waals surface area contributed by atoms with Crippen molar-refractivity contribution in [3.05, 3.63) is 81.7 Å². The molecule has 3 aromatic rings. The van der Waals surface area contributed by atoms with Gasteiger partial charge in [0.15, 0.2) is 5.11 Å². The van der Waals surface area contributed by atoms with Gasteiger partial charge in [-0.2, -0.15) is 0 Å². The third kappa shape index (κ3) is 7.78. The van der Waals surface area contributed by atoms with Crippen LogP contribution in [-0.4, -0.2) is 59.0 Å². The molecule has 0 aromatic heterocycles. The summed E-state index contributed by atoms with van der Waals surface area (Å²) in [6.45, 7) is 4.05. The Bertz CT molecular complexity index is 1690. The van der Waals surface area contributed by atoms with Gasteiger partial charge in [-0.1, -0.05) is 24.8 Å². The Morgan fingerprint density at radius 3 is 2.53 bits per heavy atom. The predicted molar refractivity (Wildman–Crippen MR) is 164 cm³/mol. The molecule has 1 aliphatic heterocycles. The summed E-state index contributed by atoms with van der Waals surface area (Å²) < 4.78 is 10.8. The number of nitrogens with two attached hydrogens (primary N) is 2. The summed E-state index contributed by atoms with van der Waals surface area (Å²) in [6, 6.07) is 14.3. The highest BCUT2D eigenvalue weighted by Gasteiger charge is 2.24. The SMILES string of the molecule is C=c1ccc2c(c1)Oc1cc(O)ccc1C=2c1ccc(NC(=S)NCC(=O)N[C@@H](CCCN)COC(N)=O)cc1C(=O)O. The normalized spacial score (nSPS) is 12.2. The van der Waals surface area contributed by atoms with Crippen molar-refractivity contribution in [3.8, 4) is 17.2 Å². The quantitative estimate of drug-likeness (QED) is 0.122. The van der Waals surface area contributed by atoms with Gasteiger partial charge in [-0.15, -0.1) is 0 Å². The van der Waals surface area contributed by atoms with Crippen LogP contribution < -0.4 is 42.6 Å². The number of carbonyl (C=O) groups excluding carboxylic acids is 2. The molecule has 0 unspecified atom stereocenters. The number of amides is 2. The van der Waals surface area contributed by atoms with Crippen molar-refractivity contribution < 1.29 is 34.1 Å². The maximum absolute atomic E-state index is 12.5. The third-order valence-electron chi connectivity index (χ3n) is 6.51. The fraction of sp³-hybridized carbons (Fsp3) is 0.200. The average Bonchev–Trinajstić information content (AvgIpc) is 2.96. The molecule has 1 aliphatic rings. The van der Waals surface area contributed by atoms with Crippen molar-refractivity contribution in [3.63, 3.8) is 0 Å². The van der Waals surface area contributed by atoms with Gasteiger partial charge in [-0.25, -0.2) is 9.59 Å². The zero-order valence-corrected chi connectivity index (χ0v) is 23.8. The van der Waals surface area contributed by atoms with Crippen LogP contribution in [0.4, 0.5) is 10.5 Å². The van der Waals surface area contributed by atoms with Crippen LogP contribution in [0.5, 0.6) is 17.2 Å². The topological polar surface area (TPSA) is 198 Å². The molecular formula is C30H31N5O7S. The minimum absolute atomic E-state index is 0.00472. The van der Waals surface area contributed by atoms with E-state index in [4.69, 9.17) is 33.2 Å². The number of fused-ring (bicyclic) bond motifs is 2. The van der Waals surface area contributed by atoms with Crippen LogP contribution in [0.25, 0.3) is 12.2 Å². The van der Waals surface area contributed by atoms with E-state index in [-0.39, 0.29) is 29.6 Å². The number of hydrogen-bond donors (Lipinski definition) is 7. The molecule has 3 aromatic carbocycles. The first kappa shape index (κ1) is 30.8. The van der Waals surface area contributed by atoms with Gasteiger partial charge in [0.1, 0.15) is 23.9 Å². The Labute approximate surface area is 252 Å². The van der Waals surface area contributed by atoms with E-state index in [1.54, 1.807) is 30.3 Å². The van der Waals surface area contributed by atoms with Crippen LogP contribution in [0, 0.1) is 0 Å². The second kappa shape index (κ2) is 13.7. The van der Waals surface area contributed by atoms with Crippen molar-refractivity contribution in [2.24, 2.45) is 11.5 Å². The van der Waals surface area contributed by atoms with Crippen LogP contribution in [0.1, 0.15) is 34.3 Å². The number of hydrogen-bond acceptors (Lipinski definition) is 8. The van der Waals surface area contributed by atoms with Crippen LogP contribution in [-0.2, 0) is 9.53 Å². The molecule has 12 nitrogen and oxygen atoms in total. The summed E-state index contributed by atoms with van der Waals surface area (Å²) in [6.07, 6.45) is 0.142. The van der Waals surface area contributed by atoms with Crippen LogP contribution in [0.15, 0.2) is 54.6 Å². The van der Waals surface area contributed by atoms with Crippen molar-refractivity contribution in [1.82, 2.24) is 10.6 Å². The van der Waals surface area contributed by atoms with E-state index in [2.05, 4.69) is 22.5 Å². The van der Waals surface area contributed by atoms with E-state index in [1.807, 2.05) is 6.07 Å². The first-order valence-corrected chi connectivity index (χ1v) is 13.6. The highest BCUT2D eigenvalue weighted by atomic mass is 32.1. The van der Waals surface area contributed by atoms with Gasteiger partial charge in [0, 0.05) is 28.1 Å². The fourth-order valence-corrected chi connectivity index (χ4v) is 4.78. The third-order valence-corrected chi connectivity index (χ3v) is 6.75. The monoisotopic (exact) mass is 605 g/mol. The van der Waals surface area contributed by atoms with Crippen molar-refractivity contribution in [2.75, 3.05) is 25.0 Å². The smallest absolute Gasteiger partial charge is 0.404 e. The van der Waals surface area contributed by atoms with Gasteiger partial charge in [0.05, 0.1) is 18.2 Å². The lowest BCUT2D eigenvalue weighted by atomic mass is 9.89. The summed E-state index contributed by atoms with van der Waals surface area (Å²) in [5, 5.41) is 30.1. The Kier molecular flexibility index (Phi) is 9.80. The number of ether oxygens (including phenoxy) is 2. The van der Waals surface area contributed by atoms with Crippen LogP contribution in [0.3, 0.4) is 0 Å². The fourth-order valence-electron chi connectivity index (χ4n) is 4.59. The van der Waals surface area contributed by atoms with Crippen molar-refractivity contribution in [2.45, 2.75) is 18.9 Å². The first-order chi connectivity index (χ1) is 20.5. The number of phenols is 1.